The lowest BCUT2D eigenvalue weighted by Gasteiger charge is -2.14. The van der Waals surface area contributed by atoms with E-state index in [9.17, 15) is 13.0 Å². The van der Waals surface area contributed by atoms with Crippen LogP contribution in [0, 0.1) is 28.4 Å². The number of hydrogen-bond donors (Lipinski definition) is 1. The Labute approximate surface area is 113 Å². The Morgan fingerprint density at radius 1 is 1.37 bits per heavy atom. The molecule has 19 heavy (non-hydrogen) atoms. The van der Waals surface area contributed by atoms with Gasteiger partial charge in [-0.15, -0.1) is 0 Å². The predicted octanol–water partition coefficient (Wildman–Crippen LogP) is 2.98. The Kier molecular flexibility index (Phi) is 5.01. The maximum atomic E-state index is 13.5. The summed E-state index contributed by atoms with van der Waals surface area (Å²) in [6.45, 7) is 3.53. The number of nitrogen functional groups attached to an aromatic ring is 1. The van der Waals surface area contributed by atoms with Crippen LogP contribution < -0.4 is 5.73 Å². The molecule has 0 fully saturated rings. The smallest absolute Gasteiger partial charge is 0.144 e. The average molecular weight is 286 g/mol. The van der Waals surface area contributed by atoms with Crippen molar-refractivity contribution in [2.45, 2.75) is 31.6 Å². The van der Waals surface area contributed by atoms with Gasteiger partial charge in [0.2, 0.25) is 0 Å². The Bertz CT molecular complexity index is 515. The van der Waals surface area contributed by atoms with Gasteiger partial charge in [0.15, 0.2) is 0 Å². The van der Waals surface area contributed by atoms with Crippen molar-refractivity contribution in [2.24, 2.45) is 5.41 Å². The quantitative estimate of drug-likeness (QED) is 0.846. The maximum Gasteiger partial charge on any atom is 0.144 e. The molecule has 104 valence electrons. The van der Waals surface area contributed by atoms with Crippen molar-refractivity contribution in [3.63, 3.8) is 0 Å². The minimum absolute atomic E-state index is 0.0404. The van der Waals surface area contributed by atoms with Crippen LogP contribution >= 0.6 is 0 Å². The van der Waals surface area contributed by atoms with Crippen molar-refractivity contribution < 1.29 is 13.0 Å². The summed E-state index contributed by atoms with van der Waals surface area (Å²) in [4.78, 5) is -0.441. The molecule has 0 radical (unpaired) electrons. The maximum absolute atomic E-state index is 13.5. The molecule has 0 heterocycles. The summed E-state index contributed by atoms with van der Waals surface area (Å²) in [5, 5.41) is 8.84. The van der Waals surface area contributed by atoms with Crippen LogP contribution in [0.3, 0.4) is 0 Å². The summed E-state index contributed by atoms with van der Waals surface area (Å²) in [5.41, 5.74) is 4.72. The highest BCUT2D eigenvalue weighted by Gasteiger charge is 2.20. The van der Waals surface area contributed by atoms with Gasteiger partial charge < -0.3 is 5.73 Å². The third kappa shape index (κ3) is 4.28. The van der Waals surface area contributed by atoms with E-state index in [1.54, 1.807) is 13.8 Å². The molecule has 0 saturated carbocycles. The van der Waals surface area contributed by atoms with Gasteiger partial charge in [-0.1, -0.05) is 0 Å². The first-order valence-electron chi connectivity index (χ1n) is 5.81. The van der Waals surface area contributed by atoms with Crippen molar-refractivity contribution in [1.29, 1.82) is 5.26 Å². The molecule has 1 atom stereocenters. The summed E-state index contributed by atoms with van der Waals surface area (Å²) < 4.78 is 38.9. The molecule has 0 bridgehead atoms. The topological polar surface area (TPSA) is 66.9 Å². The molecule has 0 aliphatic rings. The SMILES string of the molecule is CC(C)(C#N)CCCS(=O)c1c(F)cc(N)cc1F. The normalized spacial score (nSPS) is 13.0. The van der Waals surface area contributed by atoms with Crippen LogP contribution in [0.1, 0.15) is 26.7 Å². The zero-order valence-electron chi connectivity index (χ0n) is 10.9. The van der Waals surface area contributed by atoms with Gasteiger partial charge >= 0.3 is 0 Å². The molecular weight excluding hydrogens is 270 g/mol. The van der Waals surface area contributed by atoms with Gasteiger partial charge in [0.05, 0.1) is 22.3 Å². The van der Waals surface area contributed by atoms with Crippen molar-refractivity contribution in [3.05, 3.63) is 23.8 Å². The highest BCUT2D eigenvalue weighted by molar-refractivity contribution is 7.85. The number of nitrogens with zero attached hydrogens (tertiary/aromatic N) is 1. The fourth-order valence-corrected chi connectivity index (χ4v) is 2.76. The molecule has 0 saturated heterocycles. The van der Waals surface area contributed by atoms with E-state index >= 15 is 0 Å². The predicted molar refractivity (Wildman–Crippen MR) is 70.7 cm³/mol. The number of nitrogens with two attached hydrogens (primary N) is 1. The van der Waals surface area contributed by atoms with Gasteiger partial charge in [0.1, 0.15) is 16.5 Å². The van der Waals surface area contributed by atoms with E-state index in [-0.39, 0.29) is 11.4 Å². The van der Waals surface area contributed by atoms with Crippen LogP contribution in [0.25, 0.3) is 0 Å². The summed E-state index contributed by atoms with van der Waals surface area (Å²) in [5.74, 6) is -1.67. The molecule has 1 aromatic carbocycles. The van der Waals surface area contributed by atoms with Crippen LogP contribution in [0.2, 0.25) is 0 Å². The lowest BCUT2D eigenvalue weighted by Crippen LogP contribution is -2.11. The van der Waals surface area contributed by atoms with E-state index < -0.39 is 32.7 Å². The van der Waals surface area contributed by atoms with Crippen LogP contribution in [-0.4, -0.2) is 9.96 Å². The number of benzene rings is 1. The van der Waals surface area contributed by atoms with Crippen molar-refractivity contribution in [1.82, 2.24) is 0 Å². The highest BCUT2D eigenvalue weighted by Crippen LogP contribution is 2.24. The summed E-state index contributed by atoms with van der Waals surface area (Å²) in [6.07, 6.45) is 0.976. The molecule has 0 spiro atoms. The molecule has 1 aromatic rings. The van der Waals surface area contributed by atoms with Crippen LogP contribution in [0.4, 0.5) is 14.5 Å². The van der Waals surface area contributed by atoms with Gasteiger partial charge in [-0.3, -0.25) is 4.21 Å². The van der Waals surface area contributed by atoms with E-state index in [2.05, 4.69) is 6.07 Å². The molecule has 3 nitrogen and oxygen atoms in total. The summed E-state index contributed by atoms with van der Waals surface area (Å²) in [7, 11) is -1.77. The minimum atomic E-state index is -1.77. The van der Waals surface area contributed by atoms with Gasteiger partial charge in [0.25, 0.3) is 0 Å². The lowest BCUT2D eigenvalue weighted by atomic mass is 9.90. The Hall–Kier alpha value is -1.48. The highest BCUT2D eigenvalue weighted by atomic mass is 32.2. The van der Waals surface area contributed by atoms with Gasteiger partial charge in [-0.05, 0) is 38.8 Å². The van der Waals surface area contributed by atoms with Crippen LogP contribution in [-0.2, 0) is 10.8 Å². The van der Waals surface area contributed by atoms with E-state index in [0.717, 1.165) is 12.1 Å². The van der Waals surface area contributed by atoms with E-state index in [4.69, 9.17) is 11.0 Å². The molecule has 0 aliphatic carbocycles. The first-order valence-corrected chi connectivity index (χ1v) is 7.13. The summed E-state index contributed by atoms with van der Waals surface area (Å²) >= 11 is 0. The van der Waals surface area contributed by atoms with Gasteiger partial charge in [0, 0.05) is 11.4 Å². The fourth-order valence-electron chi connectivity index (χ4n) is 1.60. The Morgan fingerprint density at radius 3 is 2.37 bits per heavy atom. The van der Waals surface area contributed by atoms with Crippen LogP contribution in [0.5, 0.6) is 0 Å². The third-order valence-corrected chi connectivity index (χ3v) is 4.19. The number of hydrogen-bond acceptors (Lipinski definition) is 3. The zero-order valence-corrected chi connectivity index (χ0v) is 11.7. The number of anilines is 1. The fraction of sp³-hybridized carbons (Fsp3) is 0.462. The first-order chi connectivity index (χ1) is 8.76. The number of halogens is 2. The molecule has 0 amide bonds. The second-order valence-corrected chi connectivity index (χ2v) is 6.47. The average Bonchev–Trinajstić information content (AvgIpc) is 2.27. The standard InChI is InChI=1S/C13H16F2N2OS/c1-13(2,8-16)4-3-5-19(18)12-10(14)6-9(17)7-11(12)15/h6-7H,3-5,17H2,1-2H3. The monoisotopic (exact) mass is 286 g/mol. The van der Waals surface area contributed by atoms with Crippen molar-refractivity contribution >= 4 is 16.5 Å². The second kappa shape index (κ2) is 6.11. The third-order valence-electron chi connectivity index (χ3n) is 2.68. The first kappa shape index (κ1) is 15.6. The Morgan fingerprint density at radius 2 is 1.89 bits per heavy atom. The largest absolute Gasteiger partial charge is 0.399 e. The Balaban J connectivity index is 2.73. The van der Waals surface area contributed by atoms with Crippen LogP contribution in [0.15, 0.2) is 17.0 Å². The molecule has 0 aliphatic heterocycles. The number of rotatable bonds is 5. The molecule has 1 rings (SSSR count). The summed E-state index contributed by atoms with van der Waals surface area (Å²) in [6, 6.07) is 4.03. The van der Waals surface area contributed by atoms with Crippen molar-refractivity contribution in [2.75, 3.05) is 11.5 Å². The van der Waals surface area contributed by atoms with E-state index in [1.165, 1.54) is 0 Å². The molecule has 0 aromatic heterocycles. The van der Waals surface area contributed by atoms with E-state index in [0.29, 0.717) is 12.8 Å². The molecular formula is C13H16F2N2OS. The molecule has 2 N–H and O–H groups in total. The van der Waals surface area contributed by atoms with Crippen molar-refractivity contribution in [3.8, 4) is 6.07 Å². The second-order valence-electron chi connectivity index (χ2n) is 4.96. The van der Waals surface area contributed by atoms with Gasteiger partial charge in [-0.2, -0.15) is 5.26 Å². The zero-order chi connectivity index (χ0) is 14.6. The van der Waals surface area contributed by atoms with E-state index in [1.807, 2.05) is 0 Å². The van der Waals surface area contributed by atoms with Gasteiger partial charge in [-0.25, -0.2) is 8.78 Å². The molecule has 1 unspecified atom stereocenters. The number of nitriles is 1. The lowest BCUT2D eigenvalue weighted by molar-refractivity contribution is 0.446. The minimum Gasteiger partial charge on any atom is -0.399 e. The molecule has 6 heteroatoms.